The van der Waals surface area contributed by atoms with Crippen LogP contribution in [0, 0.1) is 11.3 Å². The fourth-order valence-electron chi connectivity index (χ4n) is 1.02. The van der Waals surface area contributed by atoms with E-state index in [0.29, 0.717) is 5.82 Å². The van der Waals surface area contributed by atoms with Crippen LogP contribution in [-0.2, 0) is 9.53 Å². The maximum absolute atomic E-state index is 11.0. The molecule has 0 spiro atoms. The van der Waals surface area contributed by atoms with Gasteiger partial charge in [-0.25, -0.2) is 9.97 Å². The largest absolute Gasteiger partial charge is 0.468 e. The smallest absolute Gasteiger partial charge is 0.325 e. The molecule has 0 aliphatic rings. The van der Waals surface area contributed by atoms with Crippen LogP contribution < -0.4 is 4.90 Å². The van der Waals surface area contributed by atoms with Crippen LogP contribution in [0.3, 0.4) is 0 Å². The van der Waals surface area contributed by atoms with Gasteiger partial charge in [0.1, 0.15) is 12.6 Å². The number of aromatic nitrogens is 2. The normalized spacial score (nSPS) is 9.13. The van der Waals surface area contributed by atoms with Crippen molar-refractivity contribution in [3.8, 4) is 6.07 Å². The summed E-state index contributed by atoms with van der Waals surface area (Å²) in [6.45, 7) is 0.0316. The van der Waals surface area contributed by atoms with Crippen LogP contribution >= 0.6 is 0 Å². The first-order valence-corrected chi connectivity index (χ1v) is 4.18. The van der Waals surface area contributed by atoms with Crippen molar-refractivity contribution in [1.29, 1.82) is 5.26 Å². The molecule has 1 aromatic heterocycles. The summed E-state index contributed by atoms with van der Waals surface area (Å²) in [5.41, 5.74) is 0.184. The van der Waals surface area contributed by atoms with Gasteiger partial charge >= 0.3 is 5.97 Å². The van der Waals surface area contributed by atoms with Gasteiger partial charge in [0.2, 0.25) is 0 Å². The van der Waals surface area contributed by atoms with Crippen molar-refractivity contribution in [3.05, 3.63) is 18.1 Å². The monoisotopic (exact) mass is 206 g/mol. The number of hydrogen-bond donors (Lipinski definition) is 0. The number of hydrogen-bond acceptors (Lipinski definition) is 6. The Bertz CT molecular complexity index is 399. The van der Waals surface area contributed by atoms with E-state index >= 15 is 0 Å². The van der Waals surface area contributed by atoms with Gasteiger partial charge < -0.3 is 9.64 Å². The van der Waals surface area contributed by atoms with E-state index in [0.717, 1.165) is 0 Å². The Hall–Kier alpha value is -2.16. The SMILES string of the molecule is COC(=O)CN(C)c1nccnc1C#N. The summed E-state index contributed by atoms with van der Waals surface area (Å²) in [4.78, 5) is 20.3. The second-order valence-electron chi connectivity index (χ2n) is 2.77. The Morgan fingerprint density at radius 2 is 2.27 bits per heavy atom. The molecule has 0 saturated carbocycles. The van der Waals surface area contributed by atoms with Gasteiger partial charge in [0.15, 0.2) is 11.5 Å². The van der Waals surface area contributed by atoms with Gasteiger partial charge in [-0.2, -0.15) is 5.26 Å². The zero-order valence-corrected chi connectivity index (χ0v) is 8.47. The predicted octanol–water partition coefficient (Wildman–Crippen LogP) is -0.0425. The Morgan fingerprint density at radius 1 is 1.60 bits per heavy atom. The third-order valence-corrected chi connectivity index (χ3v) is 1.74. The average molecular weight is 206 g/mol. The third-order valence-electron chi connectivity index (χ3n) is 1.74. The third kappa shape index (κ3) is 2.64. The molecule has 0 atom stereocenters. The van der Waals surface area contributed by atoms with Crippen LogP contribution in [0.4, 0.5) is 5.82 Å². The van der Waals surface area contributed by atoms with Gasteiger partial charge in [0.05, 0.1) is 7.11 Å². The molecule has 0 fully saturated rings. The molecule has 6 heteroatoms. The molecule has 1 aromatic rings. The first-order chi connectivity index (χ1) is 7.19. The van der Waals surface area contributed by atoms with Crippen LogP contribution in [0.2, 0.25) is 0 Å². The van der Waals surface area contributed by atoms with E-state index in [1.54, 1.807) is 7.05 Å². The van der Waals surface area contributed by atoms with Crippen LogP contribution in [-0.4, -0.2) is 36.6 Å². The Kier molecular flexibility index (Phi) is 3.57. The molecular formula is C9H10N4O2. The number of esters is 1. The number of anilines is 1. The number of nitriles is 1. The maximum atomic E-state index is 11.0. The Morgan fingerprint density at radius 3 is 2.87 bits per heavy atom. The minimum atomic E-state index is -0.396. The van der Waals surface area contributed by atoms with Gasteiger partial charge in [0, 0.05) is 19.4 Å². The van der Waals surface area contributed by atoms with E-state index in [9.17, 15) is 4.79 Å². The molecule has 15 heavy (non-hydrogen) atoms. The van der Waals surface area contributed by atoms with Crippen molar-refractivity contribution < 1.29 is 9.53 Å². The standard InChI is InChI=1S/C9H10N4O2/c1-13(6-8(14)15-2)9-7(5-10)11-3-4-12-9/h3-4H,6H2,1-2H3. The van der Waals surface area contributed by atoms with Crippen LogP contribution in [0.25, 0.3) is 0 Å². The topological polar surface area (TPSA) is 79.1 Å². The highest BCUT2D eigenvalue weighted by atomic mass is 16.5. The van der Waals surface area contributed by atoms with E-state index in [-0.39, 0.29) is 12.2 Å². The van der Waals surface area contributed by atoms with E-state index in [2.05, 4.69) is 14.7 Å². The number of methoxy groups -OCH3 is 1. The zero-order valence-electron chi connectivity index (χ0n) is 8.47. The summed E-state index contributed by atoms with van der Waals surface area (Å²) >= 11 is 0. The molecule has 6 nitrogen and oxygen atoms in total. The highest BCUT2D eigenvalue weighted by Crippen LogP contribution is 2.11. The molecule has 1 heterocycles. The molecule has 0 unspecified atom stereocenters. The molecule has 0 bridgehead atoms. The summed E-state index contributed by atoms with van der Waals surface area (Å²) in [7, 11) is 2.94. The van der Waals surface area contributed by atoms with Crippen molar-refractivity contribution in [2.24, 2.45) is 0 Å². The lowest BCUT2D eigenvalue weighted by Gasteiger charge is -2.16. The van der Waals surface area contributed by atoms with Gasteiger partial charge in [-0.05, 0) is 0 Å². The summed E-state index contributed by atoms with van der Waals surface area (Å²) in [6, 6.07) is 1.90. The minimum Gasteiger partial charge on any atom is -0.468 e. The molecule has 0 aliphatic carbocycles. The lowest BCUT2D eigenvalue weighted by Crippen LogP contribution is -2.28. The van der Waals surface area contributed by atoms with E-state index in [4.69, 9.17) is 5.26 Å². The van der Waals surface area contributed by atoms with E-state index in [1.165, 1.54) is 24.4 Å². The number of carbonyl (C=O) groups is 1. The fourth-order valence-corrected chi connectivity index (χ4v) is 1.02. The molecule has 0 radical (unpaired) electrons. The number of carbonyl (C=O) groups excluding carboxylic acids is 1. The van der Waals surface area contributed by atoms with Crippen LogP contribution in [0.5, 0.6) is 0 Å². The molecule has 0 amide bonds. The summed E-state index contributed by atoms with van der Waals surface area (Å²) in [6.07, 6.45) is 2.89. The van der Waals surface area contributed by atoms with Gasteiger partial charge in [0.25, 0.3) is 0 Å². The Labute approximate surface area is 87.1 Å². The number of likely N-dealkylation sites (N-methyl/N-ethyl adjacent to an activating group) is 1. The molecule has 0 aliphatic heterocycles. The van der Waals surface area contributed by atoms with Crippen molar-refractivity contribution in [2.75, 3.05) is 25.6 Å². The lowest BCUT2D eigenvalue weighted by molar-refractivity contribution is -0.138. The molecule has 1 rings (SSSR count). The van der Waals surface area contributed by atoms with Crippen molar-refractivity contribution in [3.63, 3.8) is 0 Å². The zero-order chi connectivity index (χ0) is 11.3. The lowest BCUT2D eigenvalue weighted by atomic mass is 10.4. The molecule has 0 N–H and O–H groups in total. The van der Waals surface area contributed by atoms with Crippen molar-refractivity contribution in [2.45, 2.75) is 0 Å². The van der Waals surface area contributed by atoms with Crippen LogP contribution in [0.15, 0.2) is 12.4 Å². The van der Waals surface area contributed by atoms with Crippen molar-refractivity contribution >= 4 is 11.8 Å². The summed E-state index contributed by atoms with van der Waals surface area (Å²) in [5, 5.41) is 8.76. The first kappa shape index (κ1) is 10.9. The van der Waals surface area contributed by atoms with Crippen molar-refractivity contribution in [1.82, 2.24) is 9.97 Å². The summed E-state index contributed by atoms with van der Waals surface area (Å²) in [5.74, 6) is -0.0301. The Balaban J connectivity index is 2.87. The van der Waals surface area contributed by atoms with Crippen LogP contribution in [0.1, 0.15) is 5.69 Å². The second kappa shape index (κ2) is 4.91. The highest BCUT2D eigenvalue weighted by Gasteiger charge is 2.12. The van der Waals surface area contributed by atoms with E-state index < -0.39 is 5.97 Å². The van der Waals surface area contributed by atoms with Gasteiger partial charge in [-0.3, -0.25) is 4.79 Å². The fraction of sp³-hybridized carbons (Fsp3) is 0.333. The maximum Gasteiger partial charge on any atom is 0.325 e. The number of rotatable bonds is 3. The molecule has 78 valence electrons. The second-order valence-corrected chi connectivity index (χ2v) is 2.77. The van der Waals surface area contributed by atoms with Gasteiger partial charge in [-0.1, -0.05) is 0 Å². The minimum absolute atomic E-state index is 0.0316. The quantitative estimate of drug-likeness (QED) is 0.645. The van der Waals surface area contributed by atoms with Gasteiger partial charge in [-0.15, -0.1) is 0 Å². The first-order valence-electron chi connectivity index (χ1n) is 4.18. The predicted molar refractivity (Wildman–Crippen MR) is 52.0 cm³/mol. The number of ether oxygens (including phenoxy) is 1. The number of nitrogens with zero attached hydrogens (tertiary/aromatic N) is 4. The highest BCUT2D eigenvalue weighted by molar-refractivity contribution is 5.75. The molecule has 0 saturated heterocycles. The summed E-state index contributed by atoms with van der Waals surface area (Å²) < 4.78 is 4.50. The molecular weight excluding hydrogens is 196 g/mol. The van der Waals surface area contributed by atoms with E-state index in [1.807, 2.05) is 6.07 Å². The molecule has 0 aromatic carbocycles. The average Bonchev–Trinajstić information content (AvgIpc) is 2.28.